The Morgan fingerprint density at radius 2 is 1.87 bits per heavy atom. The lowest BCUT2D eigenvalue weighted by atomic mass is 9.77. The van der Waals surface area contributed by atoms with E-state index in [2.05, 4.69) is 15.1 Å². The predicted octanol–water partition coefficient (Wildman–Crippen LogP) is 4.33. The zero-order valence-corrected chi connectivity index (χ0v) is 12.9. The van der Waals surface area contributed by atoms with E-state index in [4.69, 9.17) is 4.52 Å². The summed E-state index contributed by atoms with van der Waals surface area (Å²) in [7, 11) is 0. The van der Waals surface area contributed by atoms with Crippen molar-refractivity contribution in [2.75, 3.05) is 0 Å². The molecule has 23 heavy (non-hydrogen) atoms. The second kappa shape index (κ2) is 5.49. The molecule has 0 unspecified atom stereocenters. The highest BCUT2D eigenvalue weighted by Crippen LogP contribution is 2.47. The first-order chi connectivity index (χ1) is 11.2. The Morgan fingerprint density at radius 3 is 2.52 bits per heavy atom. The third kappa shape index (κ3) is 2.26. The molecule has 1 aliphatic rings. The second-order valence-electron chi connectivity index (χ2n) is 5.65. The standard InChI is InChI=1S/C16H13F2N3OS/c17-10-4-3-5-11(18)12(10)16(6-1-2-7-16)15-20-13(22-21-15)14-19-8-9-23-14/h3-5,8-9H,1-2,6-7H2. The molecule has 7 heteroatoms. The van der Waals surface area contributed by atoms with Gasteiger partial charge in [0, 0.05) is 17.1 Å². The van der Waals surface area contributed by atoms with Crippen molar-refractivity contribution in [2.45, 2.75) is 31.1 Å². The summed E-state index contributed by atoms with van der Waals surface area (Å²) >= 11 is 1.38. The summed E-state index contributed by atoms with van der Waals surface area (Å²) in [5.74, 6) is -0.498. The van der Waals surface area contributed by atoms with Crippen molar-refractivity contribution in [2.24, 2.45) is 0 Å². The van der Waals surface area contributed by atoms with Crippen molar-refractivity contribution >= 4 is 11.3 Å². The first-order valence-electron chi connectivity index (χ1n) is 7.39. The fourth-order valence-corrected chi connectivity index (χ4v) is 3.91. The Bertz CT molecular complexity index is 805. The maximum absolute atomic E-state index is 14.4. The molecule has 3 aromatic rings. The summed E-state index contributed by atoms with van der Waals surface area (Å²) in [6, 6.07) is 3.93. The molecule has 0 atom stereocenters. The zero-order valence-electron chi connectivity index (χ0n) is 12.1. The Balaban J connectivity index is 1.86. The minimum atomic E-state index is -0.867. The summed E-state index contributed by atoms with van der Waals surface area (Å²) < 4.78 is 34.0. The largest absolute Gasteiger partial charge is 0.331 e. The third-order valence-electron chi connectivity index (χ3n) is 4.37. The van der Waals surface area contributed by atoms with Gasteiger partial charge >= 0.3 is 0 Å². The Hall–Kier alpha value is -2.15. The van der Waals surface area contributed by atoms with Crippen LogP contribution in [0, 0.1) is 11.6 Å². The van der Waals surface area contributed by atoms with Crippen LogP contribution in [0.4, 0.5) is 8.78 Å². The lowest BCUT2D eigenvalue weighted by Gasteiger charge is -2.26. The van der Waals surface area contributed by atoms with Crippen molar-refractivity contribution in [3.8, 4) is 10.9 Å². The van der Waals surface area contributed by atoms with E-state index in [0.717, 1.165) is 12.8 Å². The highest BCUT2D eigenvalue weighted by molar-refractivity contribution is 7.12. The molecule has 0 N–H and O–H groups in total. The van der Waals surface area contributed by atoms with E-state index in [0.29, 0.717) is 23.7 Å². The van der Waals surface area contributed by atoms with Crippen LogP contribution in [0.5, 0.6) is 0 Å². The van der Waals surface area contributed by atoms with Gasteiger partial charge in [-0.25, -0.2) is 13.8 Å². The van der Waals surface area contributed by atoms with Gasteiger partial charge in [0.15, 0.2) is 10.8 Å². The molecular formula is C16H13F2N3OS. The summed E-state index contributed by atoms with van der Waals surface area (Å²) in [4.78, 5) is 8.53. The fraction of sp³-hybridized carbons (Fsp3) is 0.312. The molecule has 0 bridgehead atoms. The maximum Gasteiger partial charge on any atom is 0.286 e. The Kier molecular flexibility index (Phi) is 3.45. The molecule has 0 saturated heterocycles. The van der Waals surface area contributed by atoms with E-state index in [1.54, 1.807) is 11.6 Å². The van der Waals surface area contributed by atoms with Gasteiger partial charge in [-0.15, -0.1) is 11.3 Å². The van der Waals surface area contributed by atoms with Crippen molar-refractivity contribution < 1.29 is 13.3 Å². The van der Waals surface area contributed by atoms with Gasteiger partial charge in [-0.05, 0) is 25.0 Å². The van der Waals surface area contributed by atoms with Crippen molar-refractivity contribution in [3.63, 3.8) is 0 Å². The zero-order chi connectivity index (χ0) is 15.9. The van der Waals surface area contributed by atoms with E-state index in [1.165, 1.54) is 29.5 Å². The van der Waals surface area contributed by atoms with Gasteiger partial charge in [0.25, 0.3) is 5.89 Å². The predicted molar refractivity (Wildman–Crippen MR) is 81.0 cm³/mol. The molecule has 118 valence electrons. The lowest BCUT2D eigenvalue weighted by molar-refractivity contribution is 0.381. The Morgan fingerprint density at radius 1 is 1.13 bits per heavy atom. The van der Waals surface area contributed by atoms with E-state index >= 15 is 0 Å². The molecule has 0 spiro atoms. The van der Waals surface area contributed by atoms with Gasteiger partial charge in [-0.3, -0.25) is 0 Å². The SMILES string of the molecule is Fc1cccc(F)c1C1(c2noc(-c3nccs3)n2)CCCC1. The smallest absolute Gasteiger partial charge is 0.286 e. The van der Waals surface area contributed by atoms with Crippen LogP contribution in [0.2, 0.25) is 0 Å². The van der Waals surface area contributed by atoms with E-state index in [-0.39, 0.29) is 11.5 Å². The van der Waals surface area contributed by atoms with Crippen LogP contribution < -0.4 is 0 Å². The summed E-state index contributed by atoms with van der Waals surface area (Å²) in [5, 5.41) is 6.44. The third-order valence-corrected chi connectivity index (χ3v) is 5.13. The second-order valence-corrected chi connectivity index (χ2v) is 6.54. The maximum atomic E-state index is 14.4. The average Bonchev–Trinajstić information content (AvgIpc) is 3.28. The van der Waals surface area contributed by atoms with E-state index in [1.807, 2.05) is 0 Å². The van der Waals surface area contributed by atoms with E-state index < -0.39 is 17.0 Å². The summed E-state index contributed by atoms with van der Waals surface area (Å²) in [6.45, 7) is 0. The minimum absolute atomic E-state index is 0.0454. The van der Waals surface area contributed by atoms with Gasteiger partial charge in [-0.1, -0.05) is 24.1 Å². The molecule has 1 aliphatic carbocycles. The van der Waals surface area contributed by atoms with Gasteiger partial charge in [0.05, 0.1) is 5.41 Å². The summed E-state index contributed by atoms with van der Waals surface area (Å²) in [6.07, 6.45) is 4.58. The van der Waals surface area contributed by atoms with Crippen molar-refractivity contribution in [1.82, 2.24) is 15.1 Å². The van der Waals surface area contributed by atoms with Crippen LogP contribution in [0.25, 0.3) is 10.9 Å². The summed E-state index contributed by atoms with van der Waals surface area (Å²) in [5.41, 5.74) is -0.821. The van der Waals surface area contributed by atoms with Crippen LogP contribution in [-0.4, -0.2) is 15.1 Å². The molecule has 0 radical (unpaired) electrons. The first-order valence-corrected chi connectivity index (χ1v) is 8.27. The first kappa shape index (κ1) is 14.4. The molecule has 0 aliphatic heterocycles. The van der Waals surface area contributed by atoms with Crippen LogP contribution in [-0.2, 0) is 5.41 Å². The average molecular weight is 333 g/mol. The number of hydrogen-bond donors (Lipinski definition) is 0. The minimum Gasteiger partial charge on any atom is -0.331 e. The number of halogens is 2. The lowest BCUT2D eigenvalue weighted by Crippen LogP contribution is -2.28. The van der Waals surface area contributed by atoms with E-state index in [9.17, 15) is 8.78 Å². The molecular weight excluding hydrogens is 320 g/mol. The number of hydrogen-bond acceptors (Lipinski definition) is 5. The number of thiazole rings is 1. The molecule has 4 rings (SSSR count). The highest BCUT2D eigenvalue weighted by atomic mass is 32.1. The number of benzene rings is 1. The Labute approximate surface area is 135 Å². The van der Waals surface area contributed by atoms with Gasteiger partial charge < -0.3 is 4.52 Å². The molecule has 0 amide bonds. The van der Waals surface area contributed by atoms with Crippen LogP contribution in [0.1, 0.15) is 37.1 Å². The van der Waals surface area contributed by atoms with Gasteiger partial charge in [-0.2, -0.15) is 4.98 Å². The molecule has 1 aromatic carbocycles. The molecule has 1 saturated carbocycles. The van der Waals surface area contributed by atoms with Gasteiger partial charge in [0.2, 0.25) is 0 Å². The van der Waals surface area contributed by atoms with Gasteiger partial charge in [0.1, 0.15) is 11.6 Å². The number of nitrogens with zero attached hydrogens (tertiary/aromatic N) is 3. The molecule has 4 nitrogen and oxygen atoms in total. The number of rotatable bonds is 3. The normalized spacial score (nSPS) is 16.8. The number of aromatic nitrogens is 3. The highest BCUT2D eigenvalue weighted by Gasteiger charge is 2.45. The van der Waals surface area contributed by atoms with Crippen LogP contribution in [0.15, 0.2) is 34.3 Å². The molecule has 2 aromatic heterocycles. The fourth-order valence-electron chi connectivity index (χ4n) is 3.35. The van der Waals surface area contributed by atoms with Crippen LogP contribution in [0.3, 0.4) is 0 Å². The molecule has 2 heterocycles. The monoisotopic (exact) mass is 333 g/mol. The van der Waals surface area contributed by atoms with Crippen LogP contribution >= 0.6 is 11.3 Å². The van der Waals surface area contributed by atoms with Crippen molar-refractivity contribution in [1.29, 1.82) is 0 Å². The van der Waals surface area contributed by atoms with Crippen molar-refractivity contribution in [3.05, 3.63) is 52.8 Å². The molecule has 1 fully saturated rings. The topological polar surface area (TPSA) is 51.8 Å². The quantitative estimate of drug-likeness (QED) is 0.716.